The summed E-state index contributed by atoms with van der Waals surface area (Å²) in [6.07, 6.45) is 6.61. The first-order valence-electron chi connectivity index (χ1n) is 7.96. The molecule has 130 valence electrons. The van der Waals surface area contributed by atoms with Gasteiger partial charge in [0.25, 0.3) is 0 Å². The molecule has 1 aromatic carbocycles. The van der Waals surface area contributed by atoms with Gasteiger partial charge in [0.15, 0.2) is 5.65 Å². The van der Waals surface area contributed by atoms with Gasteiger partial charge < -0.3 is 4.57 Å². The number of fused-ring (bicyclic) bond motifs is 1. The third-order valence-electron chi connectivity index (χ3n) is 3.84. The second-order valence-corrected chi connectivity index (χ2v) is 5.96. The Kier molecular flexibility index (Phi) is 3.92. The van der Waals surface area contributed by atoms with Crippen LogP contribution in [0.3, 0.4) is 0 Å². The van der Waals surface area contributed by atoms with Gasteiger partial charge in [-0.1, -0.05) is 6.07 Å². The number of nitrogens with one attached hydrogen (secondary N) is 1. The molecule has 26 heavy (non-hydrogen) atoms. The van der Waals surface area contributed by atoms with Crippen molar-refractivity contribution in [1.29, 1.82) is 0 Å². The van der Waals surface area contributed by atoms with E-state index in [0.29, 0.717) is 5.65 Å². The Morgan fingerprint density at radius 3 is 2.88 bits per heavy atom. The Balaban J connectivity index is 1.58. The summed E-state index contributed by atoms with van der Waals surface area (Å²) in [5, 5.41) is 6.92. The summed E-state index contributed by atoms with van der Waals surface area (Å²) in [6, 6.07) is 8.46. The van der Waals surface area contributed by atoms with E-state index in [1.807, 2.05) is 19.1 Å². The quantitative estimate of drug-likeness (QED) is 0.614. The first-order chi connectivity index (χ1) is 12.6. The van der Waals surface area contributed by atoms with E-state index in [1.54, 1.807) is 40.1 Å². The van der Waals surface area contributed by atoms with Crippen molar-refractivity contribution in [3.63, 3.8) is 0 Å². The Hall–Kier alpha value is -3.55. The van der Waals surface area contributed by atoms with Gasteiger partial charge in [0.05, 0.1) is 6.33 Å². The highest BCUT2D eigenvalue weighted by molar-refractivity contribution is 5.89. The number of aryl methyl sites for hydroxylation is 1. The van der Waals surface area contributed by atoms with Gasteiger partial charge in [-0.05, 0) is 42.3 Å². The molecule has 7 nitrogen and oxygen atoms in total. The molecule has 0 saturated heterocycles. The molecule has 0 aliphatic heterocycles. The molecule has 0 spiro atoms. The van der Waals surface area contributed by atoms with E-state index in [9.17, 15) is 9.18 Å². The monoisotopic (exact) mass is 350 g/mol. The van der Waals surface area contributed by atoms with Crippen LogP contribution in [0.15, 0.2) is 55.2 Å². The fourth-order valence-corrected chi connectivity index (χ4v) is 2.72. The lowest BCUT2D eigenvalue weighted by molar-refractivity contribution is -0.116. The number of hydrogen-bond acceptors (Lipinski definition) is 4. The molecule has 4 rings (SSSR count). The van der Waals surface area contributed by atoms with E-state index >= 15 is 0 Å². The number of aromatic nitrogens is 5. The average molecular weight is 350 g/mol. The molecule has 0 saturated carbocycles. The lowest BCUT2D eigenvalue weighted by Crippen LogP contribution is -2.18. The molecule has 3 heterocycles. The highest BCUT2D eigenvalue weighted by Gasteiger charge is 2.10. The van der Waals surface area contributed by atoms with Crippen molar-refractivity contribution in [2.24, 2.45) is 0 Å². The second kappa shape index (κ2) is 6.40. The van der Waals surface area contributed by atoms with Gasteiger partial charge in [-0.2, -0.15) is 4.98 Å². The van der Waals surface area contributed by atoms with Gasteiger partial charge in [0, 0.05) is 24.2 Å². The van der Waals surface area contributed by atoms with Crippen LogP contribution in [-0.4, -0.2) is 30.1 Å². The maximum atomic E-state index is 13.6. The Bertz CT molecular complexity index is 1070. The van der Waals surface area contributed by atoms with Crippen LogP contribution in [0.1, 0.15) is 5.56 Å². The average Bonchev–Trinajstić information content (AvgIpc) is 3.21. The summed E-state index contributed by atoms with van der Waals surface area (Å²) < 4.78 is 16.8. The van der Waals surface area contributed by atoms with Gasteiger partial charge >= 0.3 is 0 Å². The number of halogens is 1. The van der Waals surface area contributed by atoms with Crippen molar-refractivity contribution >= 4 is 17.5 Å². The predicted octanol–water partition coefficient (Wildman–Crippen LogP) is 2.68. The van der Waals surface area contributed by atoms with Gasteiger partial charge in [-0.25, -0.2) is 13.9 Å². The lowest BCUT2D eigenvalue weighted by atomic mass is 10.1. The molecule has 0 fully saturated rings. The zero-order chi connectivity index (χ0) is 18.1. The minimum absolute atomic E-state index is 0.128. The Morgan fingerprint density at radius 1 is 1.23 bits per heavy atom. The number of hydrogen-bond donors (Lipinski definition) is 1. The molecule has 0 aliphatic carbocycles. The topological polar surface area (TPSA) is 77.1 Å². The van der Waals surface area contributed by atoms with Gasteiger partial charge in [-0.3, -0.25) is 10.1 Å². The van der Waals surface area contributed by atoms with Crippen LogP contribution < -0.4 is 5.32 Å². The Labute approximate surface area is 148 Å². The van der Waals surface area contributed by atoms with Crippen molar-refractivity contribution in [1.82, 2.24) is 24.1 Å². The molecule has 3 aromatic heterocycles. The number of anilines is 1. The van der Waals surface area contributed by atoms with Gasteiger partial charge in [0.1, 0.15) is 12.4 Å². The molecular weight excluding hydrogens is 335 g/mol. The third kappa shape index (κ3) is 3.30. The molecule has 0 aliphatic rings. The minimum Gasteiger partial charge on any atom is -0.328 e. The molecule has 0 radical (unpaired) electrons. The van der Waals surface area contributed by atoms with E-state index in [0.717, 1.165) is 16.7 Å². The summed E-state index contributed by atoms with van der Waals surface area (Å²) in [6.45, 7) is 1.97. The second-order valence-electron chi connectivity index (χ2n) is 5.96. The van der Waals surface area contributed by atoms with Gasteiger partial charge in [-0.15, -0.1) is 5.10 Å². The first kappa shape index (κ1) is 15.9. The number of rotatable bonds is 4. The van der Waals surface area contributed by atoms with Crippen LogP contribution in [0.4, 0.5) is 10.3 Å². The summed E-state index contributed by atoms with van der Waals surface area (Å²) in [7, 11) is 0. The molecule has 0 unspecified atom stereocenters. The SMILES string of the molecule is Cc1cc(F)cc(-c2ccc3nc(NC(=O)Cn4ccnc4)nn3c2)c1. The lowest BCUT2D eigenvalue weighted by Gasteiger charge is -2.04. The van der Waals surface area contributed by atoms with E-state index in [-0.39, 0.29) is 24.2 Å². The number of amides is 1. The number of nitrogens with zero attached hydrogens (tertiary/aromatic N) is 5. The number of imidazole rings is 1. The molecule has 8 heteroatoms. The summed E-state index contributed by atoms with van der Waals surface area (Å²) >= 11 is 0. The van der Waals surface area contributed by atoms with E-state index in [4.69, 9.17) is 0 Å². The van der Waals surface area contributed by atoms with Crippen molar-refractivity contribution in [2.75, 3.05) is 5.32 Å². The smallest absolute Gasteiger partial charge is 0.249 e. The van der Waals surface area contributed by atoms with Crippen LogP contribution in [0.5, 0.6) is 0 Å². The van der Waals surface area contributed by atoms with Gasteiger partial charge in [0.2, 0.25) is 11.9 Å². The van der Waals surface area contributed by atoms with Crippen LogP contribution in [0.25, 0.3) is 16.8 Å². The summed E-state index contributed by atoms with van der Waals surface area (Å²) in [5.74, 6) is -0.325. The van der Waals surface area contributed by atoms with Crippen molar-refractivity contribution < 1.29 is 9.18 Å². The first-order valence-corrected chi connectivity index (χ1v) is 7.96. The van der Waals surface area contributed by atoms with E-state index < -0.39 is 0 Å². The summed E-state index contributed by atoms with van der Waals surface area (Å²) in [4.78, 5) is 20.2. The predicted molar refractivity (Wildman–Crippen MR) is 94.0 cm³/mol. The van der Waals surface area contributed by atoms with Crippen LogP contribution in [0.2, 0.25) is 0 Å². The number of carbonyl (C=O) groups excluding carboxylic acids is 1. The zero-order valence-corrected chi connectivity index (χ0v) is 13.9. The van der Waals surface area contributed by atoms with E-state index in [1.165, 1.54) is 12.1 Å². The zero-order valence-electron chi connectivity index (χ0n) is 13.9. The number of benzene rings is 1. The maximum absolute atomic E-state index is 13.6. The van der Waals surface area contributed by atoms with Crippen molar-refractivity contribution in [2.45, 2.75) is 13.5 Å². The highest BCUT2D eigenvalue weighted by Crippen LogP contribution is 2.22. The van der Waals surface area contributed by atoms with Crippen LogP contribution >= 0.6 is 0 Å². The summed E-state index contributed by atoms with van der Waals surface area (Å²) in [5.41, 5.74) is 2.98. The normalized spacial score (nSPS) is 11.0. The van der Waals surface area contributed by atoms with Crippen molar-refractivity contribution in [3.05, 3.63) is 66.6 Å². The molecule has 1 amide bonds. The molecule has 4 aromatic rings. The fourth-order valence-electron chi connectivity index (χ4n) is 2.72. The molecular formula is C18H15FN6O. The maximum Gasteiger partial charge on any atom is 0.249 e. The largest absolute Gasteiger partial charge is 0.328 e. The third-order valence-corrected chi connectivity index (χ3v) is 3.84. The van der Waals surface area contributed by atoms with Crippen LogP contribution in [-0.2, 0) is 11.3 Å². The standard InChI is InChI=1S/C18H15FN6O/c1-12-6-14(8-15(19)7-12)13-2-3-16-21-18(23-25(16)9-13)22-17(26)10-24-5-4-20-11-24/h2-9,11H,10H2,1H3,(H,22,23,26). The molecule has 0 bridgehead atoms. The molecule has 1 N–H and O–H groups in total. The molecule has 0 atom stereocenters. The van der Waals surface area contributed by atoms with E-state index in [2.05, 4.69) is 20.4 Å². The van der Waals surface area contributed by atoms with Crippen LogP contribution in [0, 0.1) is 12.7 Å². The highest BCUT2D eigenvalue weighted by atomic mass is 19.1. The van der Waals surface area contributed by atoms with Crippen molar-refractivity contribution in [3.8, 4) is 11.1 Å². The fraction of sp³-hybridized carbons (Fsp3) is 0.111. The minimum atomic E-state index is -0.286. The number of carbonyl (C=O) groups is 1. The number of pyridine rings is 1. The Morgan fingerprint density at radius 2 is 2.12 bits per heavy atom.